The maximum absolute atomic E-state index is 14.1. The molecule has 68 heavy (non-hydrogen) atoms. The molecule has 0 amide bonds. The second-order valence-electron chi connectivity index (χ2n) is 25.6. The molecule has 0 saturated carbocycles. The van der Waals surface area contributed by atoms with E-state index in [4.69, 9.17) is 0 Å². The van der Waals surface area contributed by atoms with Crippen LogP contribution in [0.5, 0.6) is 0 Å². The van der Waals surface area contributed by atoms with Gasteiger partial charge in [-0.25, -0.2) is 0 Å². The molecular formula is C62H70BF3N2. The van der Waals surface area contributed by atoms with Crippen molar-refractivity contribution >= 4 is 57.2 Å². The lowest BCUT2D eigenvalue weighted by Crippen LogP contribution is -2.62. The van der Waals surface area contributed by atoms with Crippen molar-refractivity contribution in [2.75, 3.05) is 9.80 Å². The summed E-state index contributed by atoms with van der Waals surface area (Å²) in [4.78, 5) is 5.04. The zero-order valence-electron chi connectivity index (χ0n) is 43.2. The van der Waals surface area contributed by atoms with Gasteiger partial charge in [-0.2, -0.15) is 13.2 Å². The topological polar surface area (TPSA) is 6.48 Å². The quantitative estimate of drug-likeness (QED) is 0.163. The van der Waals surface area contributed by atoms with E-state index in [9.17, 15) is 13.2 Å². The largest absolute Gasteiger partial charge is 0.416 e. The normalized spacial score (nSPS) is 18.6. The van der Waals surface area contributed by atoms with Gasteiger partial charge in [-0.05, 0) is 187 Å². The van der Waals surface area contributed by atoms with Gasteiger partial charge < -0.3 is 9.80 Å². The van der Waals surface area contributed by atoms with Gasteiger partial charge in [0.05, 0.1) is 11.3 Å². The Morgan fingerprint density at radius 1 is 0.441 bits per heavy atom. The molecule has 10 rings (SSSR count). The molecule has 2 heterocycles. The zero-order chi connectivity index (χ0) is 49.1. The molecule has 0 N–H and O–H groups in total. The second kappa shape index (κ2) is 14.9. The van der Waals surface area contributed by atoms with E-state index in [1.165, 1.54) is 73.4 Å². The molecule has 0 spiro atoms. The standard InChI is InChI=1S/C62H70BF3N2/c1-37-30-53-55-54(31-37)68(50-24-20-40(56(2,3)4)32-43(50)38-16-18-39(19-17-38)62(64,65)66)51-25-21-41(57(5,6)7)33-48(51)63(55)49-35-46-47(61(14,15)29-28-60(46,12)13)36-52(49)67(53)42-22-23-44-45(34-42)59(10,11)27-26-58(44,8)9/h16-25,30-36H,26-29H2,1-15H3. The molecule has 0 aromatic heterocycles. The molecule has 2 aliphatic carbocycles. The summed E-state index contributed by atoms with van der Waals surface area (Å²) in [5.74, 6) is 0. The van der Waals surface area contributed by atoms with Crippen LogP contribution in [0.15, 0.2) is 103 Å². The summed E-state index contributed by atoms with van der Waals surface area (Å²) in [6.07, 6.45) is 0.0892. The molecule has 0 saturated heterocycles. The fraction of sp³-hybridized carbons (Fsp3) is 0.419. The van der Waals surface area contributed by atoms with Gasteiger partial charge in [-0.1, -0.05) is 139 Å². The first-order valence-electron chi connectivity index (χ1n) is 25.0. The Labute approximate surface area is 405 Å². The van der Waals surface area contributed by atoms with Crippen LogP contribution >= 0.6 is 0 Å². The van der Waals surface area contributed by atoms with Gasteiger partial charge in [0.2, 0.25) is 0 Å². The van der Waals surface area contributed by atoms with Crippen molar-refractivity contribution in [3.63, 3.8) is 0 Å². The molecule has 0 unspecified atom stereocenters. The molecule has 2 aliphatic heterocycles. The van der Waals surface area contributed by atoms with Crippen molar-refractivity contribution in [2.45, 2.75) is 168 Å². The molecule has 0 atom stereocenters. The number of benzene rings is 6. The highest BCUT2D eigenvalue weighted by Gasteiger charge is 2.48. The highest BCUT2D eigenvalue weighted by Crippen LogP contribution is 2.53. The van der Waals surface area contributed by atoms with Gasteiger partial charge in [0, 0.05) is 34.0 Å². The number of fused-ring (bicyclic) bond motifs is 6. The number of hydrogen-bond acceptors (Lipinski definition) is 2. The minimum Gasteiger partial charge on any atom is -0.311 e. The minimum atomic E-state index is -4.43. The van der Waals surface area contributed by atoms with E-state index in [-0.39, 0.29) is 39.2 Å². The summed E-state index contributed by atoms with van der Waals surface area (Å²) >= 11 is 0. The third kappa shape index (κ3) is 7.36. The molecule has 2 nitrogen and oxygen atoms in total. The number of halogens is 3. The second-order valence-corrected chi connectivity index (χ2v) is 25.6. The van der Waals surface area contributed by atoms with Gasteiger partial charge in [-0.15, -0.1) is 0 Å². The Bertz CT molecular complexity index is 3040. The molecule has 0 radical (unpaired) electrons. The average Bonchev–Trinajstić information content (AvgIpc) is 3.25. The van der Waals surface area contributed by atoms with Crippen molar-refractivity contribution in [3.8, 4) is 11.1 Å². The fourth-order valence-corrected chi connectivity index (χ4v) is 12.2. The van der Waals surface area contributed by atoms with Gasteiger partial charge >= 0.3 is 6.18 Å². The molecular weight excluding hydrogens is 841 g/mol. The van der Waals surface area contributed by atoms with Crippen LogP contribution in [0.1, 0.15) is 167 Å². The van der Waals surface area contributed by atoms with E-state index >= 15 is 0 Å². The molecule has 352 valence electrons. The third-order valence-electron chi connectivity index (χ3n) is 16.8. The number of nitrogens with zero attached hydrogens (tertiary/aromatic N) is 2. The summed E-state index contributed by atoms with van der Waals surface area (Å²) in [6, 6.07) is 36.8. The van der Waals surface area contributed by atoms with Crippen LogP contribution in [0.3, 0.4) is 0 Å². The van der Waals surface area contributed by atoms with Crippen molar-refractivity contribution in [1.29, 1.82) is 0 Å². The molecule has 4 aliphatic rings. The Kier molecular flexibility index (Phi) is 10.2. The molecule has 6 aromatic carbocycles. The van der Waals surface area contributed by atoms with E-state index in [1.807, 2.05) is 0 Å². The number of anilines is 6. The maximum atomic E-state index is 14.1. The Balaban J connectivity index is 1.33. The van der Waals surface area contributed by atoms with Crippen LogP contribution in [0.4, 0.5) is 47.3 Å². The van der Waals surface area contributed by atoms with E-state index in [0.717, 1.165) is 65.0 Å². The zero-order valence-corrected chi connectivity index (χ0v) is 43.2. The summed E-state index contributed by atoms with van der Waals surface area (Å²) in [7, 11) is 0. The lowest BCUT2D eigenvalue weighted by Gasteiger charge is -2.48. The van der Waals surface area contributed by atoms with Crippen molar-refractivity contribution in [2.24, 2.45) is 0 Å². The SMILES string of the molecule is Cc1cc2c3c(c1)N(c1ccc(C(C)(C)C)cc1-c1ccc(C(F)(F)F)cc1)c1ccc(C(C)(C)C)cc1B3c1cc3c(cc1N2c1ccc2c(c1)C(C)(C)CCC2(C)C)C(C)(C)CCC3(C)C. The highest BCUT2D eigenvalue weighted by atomic mass is 19.4. The first kappa shape index (κ1) is 46.5. The molecule has 6 aromatic rings. The number of hydrogen-bond donors (Lipinski definition) is 0. The lowest BCUT2D eigenvalue weighted by atomic mass is 9.33. The van der Waals surface area contributed by atoms with Crippen molar-refractivity contribution in [3.05, 3.63) is 148 Å². The maximum Gasteiger partial charge on any atom is 0.416 e. The average molecular weight is 911 g/mol. The van der Waals surface area contributed by atoms with Crippen LogP contribution in [0.2, 0.25) is 0 Å². The van der Waals surface area contributed by atoms with Crippen LogP contribution in [0.25, 0.3) is 11.1 Å². The third-order valence-corrected chi connectivity index (χ3v) is 16.8. The summed E-state index contributed by atoms with van der Waals surface area (Å²) < 4.78 is 42.3. The van der Waals surface area contributed by atoms with Gasteiger partial charge in [0.15, 0.2) is 0 Å². The summed E-state index contributed by atoms with van der Waals surface area (Å²) in [5, 5.41) is 0. The Morgan fingerprint density at radius 2 is 0.912 bits per heavy atom. The fourth-order valence-electron chi connectivity index (χ4n) is 12.2. The Morgan fingerprint density at radius 3 is 1.47 bits per heavy atom. The predicted octanol–water partition coefficient (Wildman–Crippen LogP) is 16.1. The number of rotatable bonds is 3. The highest BCUT2D eigenvalue weighted by molar-refractivity contribution is 7.00. The number of alkyl halides is 3. The van der Waals surface area contributed by atoms with E-state index in [1.54, 1.807) is 12.1 Å². The molecule has 6 heteroatoms. The minimum absolute atomic E-state index is 0.0000583. The van der Waals surface area contributed by atoms with Crippen molar-refractivity contribution < 1.29 is 13.2 Å². The monoisotopic (exact) mass is 911 g/mol. The number of aryl methyl sites for hydroxylation is 1. The van der Waals surface area contributed by atoms with Crippen molar-refractivity contribution in [1.82, 2.24) is 0 Å². The van der Waals surface area contributed by atoms with Gasteiger partial charge in [0.1, 0.15) is 0 Å². The van der Waals surface area contributed by atoms with Crippen LogP contribution in [0, 0.1) is 6.92 Å². The van der Waals surface area contributed by atoms with Crippen LogP contribution < -0.4 is 26.2 Å². The predicted molar refractivity (Wildman–Crippen MR) is 284 cm³/mol. The van der Waals surface area contributed by atoms with Crippen LogP contribution in [-0.2, 0) is 38.7 Å². The van der Waals surface area contributed by atoms with E-state index < -0.39 is 11.7 Å². The first-order valence-corrected chi connectivity index (χ1v) is 25.0. The summed E-state index contributed by atoms with van der Waals surface area (Å²) in [6.45, 7) is 35.0. The van der Waals surface area contributed by atoms with Gasteiger partial charge in [0.25, 0.3) is 6.71 Å². The summed E-state index contributed by atoms with van der Waals surface area (Å²) in [5.41, 5.74) is 20.6. The van der Waals surface area contributed by atoms with E-state index in [2.05, 4.69) is 193 Å². The lowest BCUT2D eigenvalue weighted by molar-refractivity contribution is -0.137. The smallest absolute Gasteiger partial charge is 0.311 e. The van der Waals surface area contributed by atoms with Crippen LogP contribution in [-0.4, -0.2) is 6.71 Å². The first-order chi connectivity index (χ1) is 31.5. The molecule has 0 fully saturated rings. The van der Waals surface area contributed by atoms with E-state index in [0.29, 0.717) is 0 Å². The molecule has 0 bridgehead atoms. The Hall–Kier alpha value is -5.23. The van der Waals surface area contributed by atoms with Gasteiger partial charge in [-0.3, -0.25) is 0 Å².